The average molecular weight is 447 g/mol. The summed E-state index contributed by atoms with van der Waals surface area (Å²) in [5.74, 6) is 0.474. The Morgan fingerprint density at radius 1 is 1.23 bits per heavy atom. The molecule has 0 unspecified atom stereocenters. The van der Waals surface area contributed by atoms with E-state index < -0.39 is 22.0 Å². The summed E-state index contributed by atoms with van der Waals surface area (Å²) in [4.78, 5) is 16.9. The van der Waals surface area contributed by atoms with Crippen LogP contribution in [-0.4, -0.2) is 36.2 Å². The van der Waals surface area contributed by atoms with E-state index in [9.17, 15) is 13.2 Å². The quantitative estimate of drug-likeness (QED) is 0.603. The molecule has 0 fully saturated rings. The summed E-state index contributed by atoms with van der Waals surface area (Å²) in [7, 11) is -3.69. The number of carbonyl (C=O) groups excluding carboxylic acids is 1. The first kappa shape index (κ1) is 21.9. The number of nitrogens with zero attached hydrogens (tertiary/aromatic N) is 3. The van der Waals surface area contributed by atoms with Crippen molar-refractivity contribution in [2.75, 3.05) is 10.6 Å². The number of sulfonamides is 1. The lowest BCUT2D eigenvalue weighted by Gasteiger charge is -2.28. The van der Waals surface area contributed by atoms with Gasteiger partial charge in [-0.25, -0.2) is 13.4 Å². The van der Waals surface area contributed by atoms with Gasteiger partial charge in [0.2, 0.25) is 15.9 Å². The largest absolute Gasteiger partial charge is 0.350 e. The Morgan fingerprint density at radius 2 is 1.93 bits per heavy atom. The molecular weight excluding hydrogens is 424 g/mol. The number of rotatable bonds is 7. The molecule has 158 valence electrons. The van der Waals surface area contributed by atoms with Crippen molar-refractivity contribution in [3.63, 3.8) is 0 Å². The maximum absolute atomic E-state index is 12.7. The molecule has 3 aromatic rings. The predicted octanol–water partition coefficient (Wildman–Crippen LogP) is 3.31. The van der Waals surface area contributed by atoms with Crippen LogP contribution in [0.1, 0.15) is 18.3 Å². The molecule has 1 N–H and O–H groups in total. The Labute approximate surface area is 181 Å². The SMILES string of the molecule is Cc1nccn1-c1ccc(CNC(=O)[C@H](C)N(c2cccc(Cl)c2)S(C)(=O)=O)cc1. The molecule has 7 nitrogen and oxygen atoms in total. The fourth-order valence-electron chi connectivity index (χ4n) is 3.18. The lowest BCUT2D eigenvalue weighted by atomic mass is 10.2. The number of aromatic nitrogens is 2. The third-order valence-electron chi connectivity index (χ3n) is 4.66. The van der Waals surface area contributed by atoms with E-state index in [-0.39, 0.29) is 6.54 Å². The molecule has 0 aliphatic heterocycles. The second kappa shape index (κ2) is 8.89. The molecule has 0 radical (unpaired) electrons. The maximum atomic E-state index is 12.7. The van der Waals surface area contributed by atoms with E-state index in [1.165, 1.54) is 6.07 Å². The van der Waals surface area contributed by atoms with E-state index in [2.05, 4.69) is 10.3 Å². The minimum absolute atomic E-state index is 0.277. The first-order chi connectivity index (χ1) is 14.2. The van der Waals surface area contributed by atoms with E-state index >= 15 is 0 Å². The van der Waals surface area contributed by atoms with E-state index in [4.69, 9.17) is 11.6 Å². The molecule has 0 spiro atoms. The highest BCUT2D eigenvalue weighted by atomic mass is 35.5. The number of hydrogen-bond acceptors (Lipinski definition) is 4. The van der Waals surface area contributed by atoms with Crippen LogP contribution in [0.15, 0.2) is 60.9 Å². The van der Waals surface area contributed by atoms with Gasteiger partial charge in [0.25, 0.3) is 0 Å². The Kier molecular flexibility index (Phi) is 6.48. The molecule has 1 heterocycles. The second-order valence-electron chi connectivity index (χ2n) is 6.94. The number of amides is 1. The predicted molar refractivity (Wildman–Crippen MR) is 118 cm³/mol. The van der Waals surface area contributed by atoms with Gasteiger partial charge in [-0.3, -0.25) is 9.10 Å². The average Bonchev–Trinajstić information content (AvgIpc) is 3.11. The zero-order chi connectivity index (χ0) is 21.9. The van der Waals surface area contributed by atoms with Crippen molar-refractivity contribution in [2.24, 2.45) is 0 Å². The monoisotopic (exact) mass is 446 g/mol. The smallest absolute Gasteiger partial charge is 0.243 e. The van der Waals surface area contributed by atoms with E-state index in [1.54, 1.807) is 31.3 Å². The standard InChI is InChI=1S/C21H23ClN4O3S/c1-15(26(30(3,28)29)20-6-4-5-18(22)13-20)21(27)24-14-17-7-9-19(10-8-17)25-12-11-23-16(25)2/h4-13,15H,14H2,1-3H3,(H,24,27)/t15-/m0/s1. The van der Waals surface area contributed by atoms with Crippen molar-refractivity contribution in [1.82, 2.24) is 14.9 Å². The fraction of sp³-hybridized carbons (Fsp3) is 0.238. The summed E-state index contributed by atoms with van der Waals surface area (Å²) < 4.78 is 27.7. The lowest BCUT2D eigenvalue weighted by Crippen LogP contribution is -2.47. The molecule has 0 saturated carbocycles. The highest BCUT2D eigenvalue weighted by molar-refractivity contribution is 7.92. The van der Waals surface area contributed by atoms with Crippen molar-refractivity contribution in [3.05, 3.63) is 77.3 Å². The first-order valence-corrected chi connectivity index (χ1v) is 11.5. The van der Waals surface area contributed by atoms with Gasteiger partial charge in [-0.1, -0.05) is 29.8 Å². The third-order valence-corrected chi connectivity index (χ3v) is 6.13. The molecular formula is C21H23ClN4O3S. The van der Waals surface area contributed by atoms with Crippen molar-refractivity contribution in [2.45, 2.75) is 26.4 Å². The van der Waals surface area contributed by atoms with Crippen LogP contribution in [0.5, 0.6) is 0 Å². The zero-order valence-corrected chi connectivity index (χ0v) is 18.5. The number of hydrogen-bond donors (Lipinski definition) is 1. The van der Waals surface area contributed by atoms with Gasteiger partial charge in [0.05, 0.1) is 11.9 Å². The van der Waals surface area contributed by atoms with Crippen molar-refractivity contribution in [1.29, 1.82) is 0 Å². The molecule has 0 bridgehead atoms. The minimum Gasteiger partial charge on any atom is -0.350 e. The van der Waals surface area contributed by atoms with Gasteiger partial charge < -0.3 is 9.88 Å². The summed E-state index contributed by atoms with van der Waals surface area (Å²) in [5, 5.41) is 3.19. The van der Waals surface area contributed by atoms with Gasteiger partial charge >= 0.3 is 0 Å². The summed E-state index contributed by atoms with van der Waals surface area (Å²) in [5.41, 5.74) is 2.20. The number of carbonyl (C=O) groups is 1. The Hall–Kier alpha value is -2.84. The summed E-state index contributed by atoms with van der Waals surface area (Å²) in [6.07, 6.45) is 4.68. The van der Waals surface area contributed by atoms with E-state index in [0.717, 1.165) is 27.6 Å². The Balaban J connectivity index is 1.70. The van der Waals surface area contributed by atoms with Gasteiger partial charge in [0.1, 0.15) is 11.9 Å². The Morgan fingerprint density at radius 3 is 2.50 bits per heavy atom. The fourth-order valence-corrected chi connectivity index (χ4v) is 4.54. The number of aryl methyl sites for hydroxylation is 1. The van der Waals surface area contributed by atoms with Gasteiger partial charge in [-0.05, 0) is 49.7 Å². The number of anilines is 1. The second-order valence-corrected chi connectivity index (χ2v) is 9.24. The van der Waals surface area contributed by atoms with Crippen LogP contribution in [0.4, 0.5) is 5.69 Å². The molecule has 1 atom stereocenters. The summed E-state index contributed by atoms with van der Waals surface area (Å²) in [6.45, 7) is 3.74. The molecule has 1 aromatic heterocycles. The van der Waals surface area contributed by atoms with Gasteiger partial charge in [-0.2, -0.15) is 0 Å². The molecule has 9 heteroatoms. The van der Waals surface area contributed by atoms with Crippen LogP contribution in [0.2, 0.25) is 5.02 Å². The molecule has 1 amide bonds. The third kappa shape index (κ3) is 5.01. The van der Waals surface area contributed by atoms with Gasteiger partial charge in [0, 0.05) is 29.6 Å². The summed E-state index contributed by atoms with van der Waals surface area (Å²) >= 11 is 6.00. The molecule has 0 saturated heterocycles. The van der Waals surface area contributed by atoms with Crippen LogP contribution < -0.4 is 9.62 Å². The van der Waals surface area contributed by atoms with E-state index in [0.29, 0.717) is 10.7 Å². The number of halogens is 1. The summed E-state index contributed by atoms with van der Waals surface area (Å²) in [6, 6.07) is 13.2. The van der Waals surface area contributed by atoms with Crippen LogP contribution >= 0.6 is 11.6 Å². The molecule has 0 aliphatic rings. The highest BCUT2D eigenvalue weighted by Crippen LogP contribution is 2.24. The zero-order valence-electron chi connectivity index (χ0n) is 16.9. The van der Waals surface area contributed by atoms with Crippen LogP contribution in [0.3, 0.4) is 0 Å². The van der Waals surface area contributed by atoms with E-state index in [1.807, 2.05) is 42.0 Å². The van der Waals surface area contributed by atoms with Crippen LogP contribution in [0, 0.1) is 6.92 Å². The van der Waals surface area contributed by atoms with Crippen molar-refractivity contribution < 1.29 is 13.2 Å². The Bertz CT molecular complexity index is 1140. The first-order valence-electron chi connectivity index (χ1n) is 9.29. The molecule has 3 rings (SSSR count). The molecule has 2 aromatic carbocycles. The number of benzene rings is 2. The highest BCUT2D eigenvalue weighted by Gasteiger charge is 2.29. The number of imidazole rings is 1. The van der Waals surface area contributed by atoms with Crippen molar-refractivity contribution in [3.8, 4) is 5.69 Å². The van der Waals surface area contributed by atoms with Crippen molar-refractivity contribution >= 4 is 33.2 Å². The normalized spacial score (nSPS) is 12.4. The van der Waals surface area contributed by atoms with Crippen LogP contribution in [-0.2, 0) is 21.4 Å². The van der Waals surface area contributed by atoms with Crippen LogP contribution in [0.25, 0.3) is 5.69 Å². The number of nitrogens with one attached hydrogen (secondary N) is 1. The lowest BCUT2D eigenvalue weighted by molar-refractivity contribution is -0.122. The maximum Gasteiger partial charge on any atom is 0.243 e. The molecule has 30 heavy (non-hydrogen) atoms. The van der Waals surface area contributed by atoms with Gasteiger partial charge in [0.15, 0.2) is 0 Å². The topological polar surface area (TPSA) is 84.3 Å². The molecule has 0 aliphatic carbocycles. The minimum atomic E-state index is -3.69. The van der Waals surface area contributed by atoms with Gasteiger partial charge in [-0.15, -0.1) is 0 Å².